The van der Waals surface area contributed by atoms with E-state index in [0.717, 1.165) is 5.56 Å². The van der Waals surface area contributed by atoms with Crippen LogP contribution >= 0.6 is 7.60 Å². The number of benzene rings is 2. The molecule has 0 heterocycles. The van der Waals surface area contributed by atoms with Crippen LogP contribution in [0, 0.1) is 0 Å². The molecule has 0 saturated heterocycles. The van der Waals surface area contributed by atoms with Gasteiger partial charge in [0.1, 0.15) is 18.4 Å². The number of alkyl carbamates (subject to hydrolysis) is 1. The Morgan fingerprint density at radius 3 is 2.23 bits per heavy atom. The molecule has 0 aliphatic heterocycles. The summed E-state index contributed by atoms with van der Waals surface area (Å²) in [5.41, 5.74) is 1.34. The quantitative estimate of drug-likeness (QED) is 0.561. The summed E-state index contributed by atoms with van der Waals surface area (Å²) in [7, 11) is -2.01. The Morgan fingerprint density at radius 1 is 1.06 bits per heavy atom. The molecule has 2 aromatic carbocycles. The molecule has 31 heavy (non-hydrogen) atoms. The molecule has 0 radical (unpaired) electrons. The topological polar surface area (TPSA) is 105 Å². The highest BCUT2D eigenvalue weighted by atomic mass is 31.2. The van der Waals surface area contributed by atoms with Crippen molar-refractivity contribution in [3.05, 3.63) is 65.7 Å². The van der Waals surface area contributed by atoms with Gasteiger partial charge in [-0.3, -0.25) is 4.79 Å². The average Bonchev–Trinajstić information content (AvgIpc) is 2.73. The number of hydrogen-bond acceptors (Lipinski definition) is 5. The molecular formula is C20H23F2N2O6P. The molecule has 2 rings (SSSR count). The normalized spacial score (nSPS) is 13.7. The van der Waals surface area contributed by atoms with Gasteiger partial charge >= 0.3 is 19.9 Å². The fraction of sp³-hybridized carbons (Fsp3) is 0.300. The van der Waals surface area contributed by atoms with Crippen LogP contribution in [-0.2, 0) is 27.1 Å². The summed E-state index contributed by atoms with van der Waals surface area (Å²) in [6, 6.07) is 13.4. The lowest BCUT2D eigenvalue weighted by Crippen LogP contribution is -2.47. The van der Waals surface area contributed by atoms with E-state index >= 15 is 0 Å². The van der Waals surface area contributed by atoms with E-state index in [0.29, 0.717) is 5.56 Å². The first-order valence-corrected chi connectivity index (χ1v) is 10.8. The molecule has 1 unspecified atom stereocenters. The van der Waals surface area contributed by atoms with Crippen LogP contribution in [0.15, 0.2) is 54.6 Å². The molecule has 0 fully saturated rings. The summed E-state index contributed by atoms with van der Waals surface area (Å²) in [5, 5.41) is 2.52. The molecule has 0 saturated carbocycles. The van der Waals surface area contributed by atoms with E-state index in [4.69, 9.17) is 9.63 Å². The number of nitrogens with one attached hydrogen (secondary N) is 1. The molecule has 2 N–H and O–H groups in total. The highest BCUT2D eigenvalue weighted by Gasteiger charge is 2.34. The monoisotopic (exact) mass is 456 g/mol. The van der Waals surface area contributed by atoms with E-state index in [2.05, 4.69) is 9.84 Å². The minimum absolute atomic E-state index is 0.0347. The maximum absolute atomic E-state index is 12.5. The van der Waals surface area contributed by atoms with Crippen molar-refractivity contribution < 1.29 is 37.1 Å². The second kappa shape index (κ2) is 10.9. The zero-order valence-corrected chi connectivity index (χ0v) is 17.8. The zero-order valence-electron chi connectivity index (χ0n) is 16.9. The Labute approximate surface area is 178 Å². The third-order valence-electron chi connectivity index (χ3n) is 4.09. The van der Waals surface area contributed by atoms with Crippen molar-refractivity contribution in [1.82, 2.24) is 10.2 Å². The van der Waals surface area contributed by atoms with Crippen molar-refractivity contribution >= 4 is 19.6 Å². The van der Waals surface area contributed by atoms with Gasteiger partial charge in [0.25, 0.3) is 0 Å². The summed E-state index contributed by atoms with van der Waals surface area (Å²) in [6.07, 6.45) is -4.23. The molecule has 0 bridgehead atoms. The molecule has 0 aliphatic rings. The van der Waals surface area contributed by atoms with Crippen LogP contribution in [0.25, 0.3) is 0 Å². The number of amides is 2. The lowest BCUT2D eigenvalue weighted by Gasteiger charge is -2.22. The average molecular weight is 456 g/mol. The molecule has 11 heteroatoms. The minimum Gasteiger partial charge on any atom is -0.445 e. The number of likely N-dealkylation sites (N-methyl/N-ethyl adjacent to an activating group) is 1. The van der Waals surface area contributed by atoms with E-state index < -0.39 is 25.9 Å². The van der Waals surface area contributed by atoms with Gasteiger partial charge < -0.3 is 24.4 Å². The second-order valence-corrected chi connectivity index (χ2v) is 8.47. The van der Waals surface area contributed by atoms with Crippen LogP contribution < -0.4 is 9.84 Å². The van der Waals surface area contributed by atoms with Gasteiger partial charge in [-0.25, -0.2) is 9.36 Å². The molecular weight excluding hydrogens is 433 g/mol. The van der Waals surface area contributed by atoms with Crippen molar-refractivity contribution in [1.29, 1.82) is 0 Å². The smallest absolute Gasteiger partial charge is 0.442 e. The third kappa shape index (κ3) is 7.66. The van der Waals surface area contributed by atoms with Crippen LogP contribution in [0.1, 0.15) is 11.1 Å². The summed E-state index contributed by atoms with van der Waals surface area (Å²) in [5.74, 6) is -0.602. The molecule has 8 nitrogen and oxygen atoms in total. The maximum atomic E-state index is 12.5. The van der Waals surface area contributed by atoms with Crippen molar-refractivity contribution in [2.24, 2.45) is 0 Å². The first kappa shape index (κ1) is 24.3. The first-order valence-electron chi connectivity index (χ1n) is 9.16. The molecule has 2 amide bonds. The summed E-state index contributed by atoms with van der Waals surface area (Å²) < 4.78 is 45.8. The van der Waals surface area contributed by atoms with Crippen LogP contribution in [0.2, 0.25) is 0 Å². The standard InChI is InChI=1S/C20H23F2N2O6P/c1-24(2)18(25)17(23-20(26)29-13-15-6-4-3-5-7-15)12-14-8-10-16(11-9-14)30-31(27,28)19(21)22/h3-11,17,19H,12-13H2,1-2H3,(H,23,26)(H,27,28)/t17-/m0/s1. The van der Waals surface area contributed by atoms with Gasteiger partial charge in [-0.05, 0) is 23.3 Å². The number of nitrogens with zero attached hydrogens (tertiary/aromatic N) is 1. The van der Waals surface area contributed by atoms with E-state index in [1.165, 1.54) is 43.3 Å². The highest BCUT2D eigenvalue weighted by molar-refractivity contribution is 7.53. The molecule has 168 valence electrons. The summed E-state index contributed by atoms with van der Waals surface area (Å²) >= 11 is 0. The zero-order chi connectivity index (χ0) is 23.0. The number of ether oxygens (including phenoxy) is 1. The van der Waals surface area contributed by atoms with Gasteiger partial charge in [0.15, 0.2) is 0 Å². The van der Waals surface area contributed by atoms with Crippen LogP contribution in [0.5, 0.6) is 5.75 Å². The number of rotatable bonds is 9. The van der Waals surface area contributed by atoms with Crippen LogP contribution in [0.3, 0.4) is 0 Å². The van der Waals surface area contributed by atoms with Crippen molar-refractivity contribution in [3.8, 4) is 5.75 Å². The number of halogens is 2. The Kier molecular flexibility index (Phi) is 8.53. The van der Waals surface area contributed by atoms with Gasteiger partial charge in [0, 0.05) is 20.5 Å². The van der Waals surface area contributed by atoms with E-state index in [1.54, 1.807) is 24.3 Å². The lowest BCUT2D eigenvalue weighted by molar-refractivity contribution is -0.130. The number of alkyl halides is 2. The van der Waals surface area contributed by atoms with Gasteiger partial charge in [-0.15, -0.1) is 0 Å². The van der Waals surface area contributed by atoms with Crippen LogP contribution in [0.4, 0.5) is 13.6 Å². The Hall–Kier alpha value is -2.97. The second-order valence-electron chi connectivity index (χ2n) is 6.77. The van der Waals surface area contributed by atoms with E-state index in [1.807, 2.05) is 6.07 Å². The van der Waals surface area contributed by atoms with E-state index in [9.17, 15) is 22.9 Å². The van der Waals surface area contributed by atoms with Crippen LogP contribution in [-0.4, -0.2) is 48.1 Å². The summed E-state index contributed by atoms with van der Waals surface area (Å²) in [6.45, 7) is 0.0347. The Morgan fingerprint density at radius 2 is 1.68 bits per heavy atom. The molecule has 2 aromatic rings. The van der Waals surface area contributed by atoms with Gasteiger partial charge in [-0.2, -0.15) is 8.78 Å². The van der Waals surface area contributed by atoms with Crippen molar-refractivity contribution in [3.63, 3.8) is 0 Å². The molecule has 0 aromatic heterocycles. The Balaban J connectivity index is 2.02. The number of carbonyl (C=O) groups excluding carboxylic acids is 2. The number of hydrogen-bond donors (Lipinski definition) is 2. The van der Waals surface area contributed by atoms with Gasteiger partial charge in [0.05, 0.1) is 0 Å². The van der Waals surface area contributed by atoms with E-state index in [-0.39, 0.29) is 24.7 Å². The molecule has 0 aliphatic carbocycles. The Bertz CT molecular complexity index is 925. The van der Waals surface area contributed by atoms with Gasteiger partial charge in [0.2, 0.25) is 5.91 Å². The first-order chi connectivity index (χ1) is 14.6. The van der Waals surface area contributed by atoms with Crippen molar-refractivity contribution in [2.75, 3.05) is 14.1 Å². The summed E-state index contributed by atoms with van der Waals surface area (Å²) in [4.78, 5) is 35.0. The predicted molar refractivity (Wildman–Crippen MR) is 109 cm³/mol. The third-order valence-corrected chi connectivity index (χ3v) is 5.06. The number of carbonyl (C=O) groups is 2. The maximum Gasteiger partial charge on any atom is 0.442 e. The molecule has 2 atom stereocenters. The predicted octanol–water partition coefficient (Wildman–Crippen LogP) is 3.40. The van der Waals surface area contributed by atoms with Crippen molar-refractivity contribution in [2.45, 2.75) is 25.2 Å². The molecule has 0 spiro atoms. The lowest BCUT2D eigenvalue weighted by atomic mass is 10.0. The largest absolute Gasteiger partial charge is 0.445 e. The fourth-order valence-corrected chi connectivity index (χ4v) is 3.04. The minimum atomic E-state index is -5.08. The SMILES string of the molecule is CN(C)C(=O)[C@H](Cc1ccc(OP(=O)(O)C(F)F)cc1)NC(=O)OCc1ccccc1. The van der Waals surface area contributed by atoms with Gasteiger partial charge in [-0.1, -0.05) is 42.5 Å². The highest BCUT2D eigenvalue weighted by Crippen LogP contribution is 2.48. The fourth-order valence-electron chi connectivity index (χ4n) is 2.53.